The quantitative estimate of drug-likeness (QED) is 0.921. The standard InChI is InChI=1S/C15H13FO4S/c16-14-8-12(6-7-13(14)15(17)18)10-21(19,20)9-11-4-2-1-3-5-11/h1-8H,9-10H2,(H,17,18). The molecule has 0 aliphatic heterocycles. The van der Waals surface area contributed by atoms with Crippen molar-refractivity contribution in [1.82, 2.24) is 0 Å². The average Bonchev–Trinajstić information content (AvgIpc) is 2.38. The minimum atomic E-state index is -3.45. The van der Waals surface area contributed by atoms with E-state index in [0.717, 1.165) is 12.1 Å². The molecule has 0 saturated carbocycles. The maximum absolute atomic E-state index is 13.5. The van der Waals surface area contributed by atoms with Crippen molar-refractivity contribution in [2.75, 3.05) is 0 Å². The Kier molecular flexibility index (Phi) is 4.37. The first-order valence-electron chi connectivity index (χ1n) is 6.13. The lowest BCUT2D eigenvalue weighted by Crippen LogP contribution is -2.09. The molecule has 1 N–H and O–H groups in total. The summed E-state index contributed by atoms with van der Waals surface area (Å²) in [5.74, 6) is -2.80. The summed E-state index contributed by atoms with van der Waals surface area (Å²) >= 11 is 0. The summed E-state index contributed by atoms with van der Waals surface area (Å²) in [6.07, 6.45) is 0. The fourth-order valence-electron chi connectivity index (χ4n) is 1.95. The van der Waals surface area contributed by atoms with Gasteiger partial charge in [-0.15, -0.1) is 0 Å². The fraction of sp³-hybridized carbons (Fsp3) is 0.133. The lowest BCUT2D eigenvalue weighted by atomic mass is 10.1. The van der Waals surface area contributed by atoms with Gasteiger partial charge < -0.3 is 5.11 Å². The molecule has 0 saturated heterocycles. The average molecular weight is 308 g/mol. The Balaban J connectivity index is 2.17. The van der Waals surface area contributed by atoms with E-state index in [4.69, 9.17) is 5.11 Å². The van der Waals surface area contributed by atoms with Crippen LogP contribution >= 0.6 is 0 Å². The molecule has 6 heteroatoms. The Labute approximate surface area is 121 Å². The van der Waals surface area contributed by atoms with Crippen LogP contribution in [0.3, 0.4) is 0 Å². The number of aromatic carboxylic acids is 1. The monoisotopic (exact) mass is 308 g/mol. The van der Waals surface area contributed by atoms with Gasteiger partial charge in [-0.25, -0.2) is 17.6 Å². The molecule has 0 aliphatic carbocycles. The summed E-state index contributed by atoms with van der Waals surface area (Å²) in [6.45, 7) is 0. The van der Waals surface area contributed by atoms with E-state index in [1.54, 1.807) is 30.3 Å². The Morgan fingerprint density at radius 1 is 1.00 bits per heavy atom. The summed E-state index contributed by atoms with van der Waals surface area (Å²) in [5, 5.41) is 8.73. The Morgan fingerprint density at radius 3 is 2.19 bits per heavy atom. The largest absolute Gasteiger partial charge is 0.478 e. The van der Waals surface area contributed by atoms with E-state index in [-0.39, 0.29) is 17.1 Å². The van der Waals surface area contributed by atoms with Crippen molar-refractivity contribution in [3.8, 4) is 0 Å². The van der Waals surface area contributed by atoms with Crippen LogP contribution in [0.1, 0.15) is 21.5 Å². The number of halogens is 1. The van der Waals surface area contributed by atoms with E-state index in [2.05, 4.69) is 0 Å². The van der Waals surface area contributed by atoms with Gasteiger partial charge in [0.05, 0.1) is 17.1 Å². The first-order chi connectivity index (χ1) is 9.87. The molecule has 2 aromatic carbocycles. The summed E-state index contributed by atoms with van der Waals surface area (Å²) in [5.41, 5.74) is 0.410. The van der Waals surface area contributed by atoms with E-state index < -0.39 is 27.2 Å². The minimum Gasteiger partial charge on any atom is -0.478 e. The highest BCUT2D eigenvalue weighted by Gasteiger charge is 2.16. The van der Waals surface area contributed by atoms with E-state index >= 15 is 0 Å². The van der Waals surface area contributed by atoms with Crippen LogP contribution in [0.4, 0.5) is 4.39 Å². The van der Waals surface area contributed by atoms with Crippen LogP contribution in [0.2, 0.25) is 0 Å². The minimum absolute atomic E-state index is 0.143. The van der Waals surface area contributed by atoms with Crippen molar-refractivity contribution >= 4 is 15.8 Å². The van der Waals surface area contributed by atoms with Crippen molar-refractivity contribution < 1.29 is 22.7 Å². The highest BCUT2D eigenvalue weighted by Crippen LogP contribution is 2.16. The lowest BCUT2D eigenvalue weighted by Gasteiger charge is -2.06. The summed E-state index contributed by atoms with van der Waals surface area (Å²) in [7, 11) is -3.45. The van der Waals surface area contributed by atoms with Crippen LogP contribution in [0.25, 0.3) is 0 Å². The number of rotatable bonds is 5. The molecule has 4 nitrogen and oxygen atoms in total. The van der Waals surface area contributed by atoms with Gasteiger partial charge in [0, 0.05) is 0 Å². The van der Waals surface area contributed by atoms with Gasteiger partial charge in [0.25, 0.3) is 0 Å². The molecule has 110 valence electrons. The molecule has 2 rings (SSSR count). The van der Waals surface area contributed by atoms with Crippen LogP contribution in [0, 0.1) is 5.82 Å². The summed E-state index contributed by atoms with van der Waals surface area (Å²) in [6, 6.07) is 12.0. The molecule has 0 bridgehead atoms. The first kappa shape index (κ1) is 15.2. The predicted molar refractivity (Wildman–Crippen MR) is 76.1 cm³/mol. The van der Waals surface area contributed by atoms with Crippen LogP contribution in [-0.4, -0.2) is 19.5 Å². The number of hydrogen-bond donors (Lipinski definition) is 1. The van der Waals surface area contributed by atoms with E-state index in [9.17, 15) is 17.6 Å². The third kappa shape index (κ3) is 4.13. The molecule has 21 heavy (non-hydrogen) atoms. The maximum Gasteiger partial charge on any atom is 0.338 e. The summed E-state index contributed by atoms with van der Waals surface area (Å²) in [4.78, 5) is 10.7. The molecule has 0 fully saturated rings. The van der Waals surface area contributed by atoms with Gasteiger partial charge in [-0.1, -0.05) is 36.4 Å². The number of sulfone groups is 1. The van der Waals surface area contributed by atoms with Gasteiger partial charge in [0.15, 0.2) is 9.84 Å². The SMILES string of the molecule is O=C(O)c1ccc(CS(=O)(=O)Cc2ccccc2)cc1F. The van der Waals surface area contributed by atoms with E-state index in [0.29, 0.717) is 5.56 Å². The number of benzene rings is 2. The molecule has 0 radical (unpaired) electrons. The Morgan fingerprint density at radius 2 is 1.62 bits per heavy atom. The van der Waals surface area contributed by atoms with Crippen molar-refractivity contribution in [2.45, 2.75) is 11.5 Å². The van der Waals surface area contributed by atoms with Crippen LogP contribution in [0.15, 0.2) is 48.5 Å². The maximum atomic E-state index is 13.5. The van der Waals surface area contributed by atoms with Crippen molar-refractivity contribution in [1.29, 1.82) is 0 Å². The van der Waals surface area contributed by atoms with Gasteiger partial charge in [0.2, 0.25) is 0 Å². The first-order valence-corrected chi connectivity index (χ1v) is 7.95. The molecule has 0 aliphatic rings. The zero-order chi connectivity index (χ0) is 15.5. The molecule has 0 spiro atoms. The predicted octanol–water partition coefficient (Wildman–Crippen LogP) is 2.64. The highest BCUT2D eigenvalue weighted by molar-refractivity contribution is 7.89. The van der Waals surface area contributed by atoms with Gasteiger partial charge >= 0.3 is 5.97 Å². The van der Waals surface area contributed by atoms with E-state index in [1.165, 1.54) is 6.07 Å². The molecular formula is C15H13FO4S. The number of carboxylic acids is 1. The Hall–Kier alpha value is -2.21. The number of carbonyl (C=O) groups is 1. The van der Waals surface area contributed by atoms with Crippen molar-refractivity contribution in [3.63, 3.8) is 0 Å². The third-order valence-corrected chi connectivity index (χ3v) is 4.43. The molecule has 0 heterocycles. The van der Waals surface area contributed by atoms with Gasteiger partial charge in [-0.3, -0.25) is 0 Å². The summed E-state index contributed by atoms with van der Waals surface area (Å²) < 4.78 is 37.6. The zero-order valence-electron chi connectivity index (χ0n) is 11.0. The zero-order valence-corrected chi connectivity index (χ0v) is 11.8. The second-order valence-corrected chi connectivity index (χ2v) is 6.70. The molecule has 0 aromatic heterocycles. The smallest absolute Gasteiger partial charge is 0.338 e. The third-order valence-electron chi connectivity index (χ3n) is 2.88. The van der Waals surface area contributed by atoms with Gasteiger partial charge in [-0.05, 0) is 23.3 Å². The lowest BCUT2D eigenvalue weighted by molar-refractivity contribution is 0.0692. The van der Waals surface area contributed by atoms with Gasteiger partial charge in [-0.2, -0.15) is 0 Å². The normalized spacial score (nSPS) is 11.3. The molecule has 0 amide bonds. The van der Waals surface area contributed by atoms with Crippen LogP contribution < -0.4 is 0 Å². The molecule has 0 unspecified atom stereocenters. The van der Waals surface area contributed by atoms with Crippen LogP contribution in [-0.2, 0) is 21.3 Å². The molecular weight excluding hydrogens is 295 g/mol. The van der Waals surface area contributed by atoms with E-state index in [1.807, 2.05) is 0 Å². The molecule has 0 atom stereocenters. The molecule has 2 aromatic rings. The fourth-order valence-corrected chi connectivity index (χ4v) is 3.44. The van der Waals surface area contributed by atoms with Crippen LogP contribution in [0.5, 0.6) is 0 Å². The Bertz CT molecular complexity index is 754. The van der Waals surface area contributed by atoms with Gasteiger partial charge in [0.1, 0.15) is 5.82 Å². The second-order valence-electron chi connectivity index (χ2n) is 4.64. The highest BCUT2D eigenvalue weighted by atomic mass is 32.2. The number of carboxylic acid groups (broad SMARTS) is 1. The topological polar surface area (TPSA) is 71.4 Å². The van der Waals surface area contributed by atoms with Crippen molar-refractivity contribution in [3.05, 3.63) is 71.0 Å². The second kappa shape index (κ2) is 6.05. The number of hydrogen-bond acceptors (Lipinski definition) is 3. The van der Waals surface area contributed by atoms with Crippen molar-refractivity contribution in [2.24, 2.45) is 0 Å².